The predicted octanol–water partition coefficient (Wildman–Crippen LogP) is 5.09. The van der Waals surface area contributed by atoms with Crippen LogP contribution in [0.3, 0.4) is 0 Å². The highest BCUT2D eigenvalue weighted by Gasteiger charge is 2.24. The second-order valence-electron chi connectivity index (χ2n) is 5.41. The fraction of sp³-hybridized carbons (Fsp3) is 0.294. The van der Waals surface area contributed by atoms with Gasteiger partial charge in [-0.2, -0.15) is 0 Å². The first-order valence-electron chi connectivity index (χ1n) is 7.12. The molecule has 1 aliphatic heterocycles. The Labute approximate surface area is 131 Å². The number of rotatable bonds is 3. The zero-order valence-electron chi connectivity index (χ0n) is 11.5. The molecule has 1 heterocycles. The third kappa shape index (κ3) is 3.10. The zero-order valence-corrected chi connectivity index (χ0v) is 13.1. The molecule has 0 fully saturated rings. The summed E-state index contributed by atoms with van der Waals surface area (Å²) in [6, 6.07) is 11.6. The molecule has 0 bridgehead atoms. The molecule has 0 amide bonds. The topological polar surface area (TPSA) is 12.0 Å². The number of benzene rings is 2. The summed E-state index contributed by atoms with van der Waals surface area (Å²) in [6.45, 7) is 0. The molecule has 0 saturated heterocycles. The summed E-state index contributed by atoms with van der Waals surface area (Å²) in [5, 5.41) is 3.17. The fourth-order valence-electron chi connectivity index (χ4n) is 2.83. The van der Waals surface area contributed by atoms with Crippen LogP contribution < -0.4 is 5.32 Å². The summed E-state index contributed by atoms with van der Waals surface area (Å²) in [7, 11) is 0. The second kappa shape index (κ2) is 6.14. The van der Waals surface area contributed by atoms with Crippen molar-refractivity contribution in [1.82, 2.24) is 0 Å². The maximum Gasteiger partial charge on any atom is 0.147 e. The largest absolute Gasteiger partial charge is 0.380 e. The van der Waals surface area contributed by atoms with E-state index in [0.717, 1.165) is 19.3 Å². The van der Waals surface area contributed by atoms with Gasteiger partial charge in [0, 0.05) is 11.6 Å². The molecule has 0 radical (unpaired) electrons. The summed E-state index contributed by atoms with van der Waals surface area (Å²) in [4.78, 5) is 0. The fourth-order valence-corrected chi connectivity index (χ4v) is 3.27. The van der Waals surface area contributed by atoms with E-state index < -0.39 is 0 Å². The molecule has 4 heteroatoms. The molecule has 110 valence electrons. The molecule has 2 aromatic rings. The highest BCUT2D eigenvalue weighted by molar-refractivity contribution is 9.10. The van der Waals surface area contributed by atoms with Crippen LogP contribution >= 0.6 is 15.9 Å². The van der Waals surface area contributed by atoms with Crippen LogP contribution in [0.15, 0.2) is 40.9 Å². The van der Waals surface area contributed by atoms with Gasteiger partial charge in [-0.05, 0) is 53.2 Å². The number of fused-ring (bicyclic) bond motifs is 1. The quantitative estimate of drug-likeness (QED) is 0.759. The predicted molar refractivity (Wildman–Crippen MR) is 84.6 cm³/mol. The first-order chi connectivity index (χ1) is 10.1. The van der Waals surface area contributed by atoms with Crippen molar-refractivity contribution < 1.29 is 8.78 Å². The van der Waals surface area contributed by atoms with Crippen LogP contribution in [0.2, 0.25) is 0 Å². The van der Waals surface area contributed by atoms with Gasteiger partial charge in [0.2, 0.25) is 0 Å². The normalized spacial score (nSPS) is 17.2. The smallest absolute Gasteiger partial charge is 0.147 e. The number of nitrogens with one attached hydrogen (secondary N) is 1. The Morgan fingerprint density at radius 2 is 1.95 bits per heavy atom. The third-order valence-corrected chi connectivity index (χ3v) is 4.56. The van der Waals surface area contributed by atoms with Gasteiger partial charge in [-0.15, -0.1) is 0 Å². The van der Waals surface area contributed by atoms with Crippen LogP contribution in [0.5, 0.6) is 0 Å². The molecule has 0 saturated carbocycles. The van der Waals surface area contributed by atoms with Crippen molar-refractivity contribution in [2.45, 2.75) is 31.7 Å². The maximum atomic E-state index is 14.0. The number of hydrogen-bond acceptors (Lipinski definition) is 1. The van der Waals surface area contributed by atoms with E-state index in [2.05, 4.69) is 33.4 Å². The minimum absolute atomic E-state index is 0.188. The van der Waals surface area contributed by atoms with Crippen LogP contribution in [-0.4, -0.2) is 6.04 Å². The van der Waals surface area contributed by atoms with Crippen molar-refractivity contribution in [3.05, 3.63) is 63.6 Å². The van der Waals surface area contributed by atoms with Crippen molar-refractivity contribution >= 4 is 21.6 Å². The zero-order chi connectivity index (χ0) is 14.8. The van der Waals surface area contributed by atoms with E-state index in [-0.39, 0.29) is 22.1 Å². The lowest BCUT2D eigenvalue weighted by atomic mass is 9.93. The lowest BCUT2D eigenvalue weighted by Gasteiger charge is -2.28. The van der Waals surface area contributed by atoms with Gasteiger partial charge in [-0.3, -0.25) is 0 Å². The molecule has 1 N–H and O–H groups in total. The van der Waals surface area contributed by atoms with E-state index in [1.54, 1.807) is 0 Å². The van der Waals surface area contributed by atoms with Crippen LogP contribution in [0, 0.1) is 11.6 Å². The van der Waals surface area contributed by atoms with Crippen molar-refractivity contribution in [3.63, 3.8) is 0 Å². The summed E-state index contributed by atoms with van der Waals surface area (Å²) in [5.74, 6) is -0.733. The molecule has 1 nitrogen and oxygen atoms in total. The SMILES string of the molecule is Fc1cc(Br)c(F)c2c1NC(CCc1ccccc1)CC2. The second-order valence-corrected chi connectivity index (χ2v) is 6.27. The number of aryl methyl sites for hydroxylation is 1. The summed E-state index contributed by atoms with van der Waals surface area (Å²) in [6.07, 6.45) is 3.26. The summed E-state index contributed by atoms with van der Waals surface area (Å²) < 4.78 is 28.2. The van der Waals surface area contributed by atoms with Gasteiger partial charge in [0.05, 0.1) is 10.2 Å². The van der Waals surface area contributed by atoms with Crippen molar-refractivity contribution in [2.75, 3.05) is 5.32 Å². The maximum absolute atomic E-state index is 14.0. The molecule has 0 spiro atoms. The van der Waals surface area contributed by atoms with Gasteiger partial charge in [0.25, 0.3) is 0 Å². The lowest BCUT2D eigenvalue weighted by molar-refractivity contribution is 0.531. The highest BCUT2D eigenvalue weighted by Crippen LogP contribution is 2.34. The van der Waals surface area contributed by atoms with Gasteiger partial charge in [-0.1, -0.05) is 30.3 Å². The highest BCUT2D eigenvalue weighted by atomic mass is 79.9. The number of halogens is 3. The monoisotopic (exact) mass is 351 g/mol. The van der Waals surface area contributed by atoms with E-state index in [4.69, 9.17) is 0 Å². The van der Waals surface area contributed by atoms with Crippen LogP contribution in [0.1, 0.15) is 24.0 Å². The van der Waals surface area contributed by atoms with Gasteiger partial charge in [0.15, 0.2) is 0 Å². The minimum Gasteiger partial charge on any atom is -0.380 e. The molecule has 1 unspecified atom stereocenters. The van der Waals surface area contributed by atoms with Crippen LogP contribution in [-0.2, 0) is 12.8 Å². The van der Waals surface area contributed by atoms with Crippen molar-refractivity contribution in [3.8, 4) is 0 Å². The minimum atomic E-state index is -0.386. The van der Waals surface area contributed by atoms with E-state index in [9.17, 15) is 8.78 Å². The molecule has 21 heavy (non-hydrogen) atoms. The van der Waals surface area contributed by atoms with Crippen LogP contribution in [0.25, 0.3) is 0 Å². The molecule has 0 aliphatic carbocycles. The Hall–Kier alpha value is -1.42. The van der Waals surface area contributed by atoms with Gasteiger partial charge >= 0.3 is 0 Å². The van der Waals surface area contributed by atoms with E-state index in [1.165, 1.54) is 11.6 Å². The van der Waals surface area contributed by atoms with Crippen LogP contribution in [0.4, 0.5) is 14.5 Å². The standard InChI is InChI=1S/C17H16BrF2N/c18-14-10-15(19)17-13(16(14)20)9-8-12(21-17)7-6-11-4-2-1-3-5-11/h1-5,10,12,21H,6-9H2. The van der Waals surface area contributed by atoms with E-state index in [0.29, 0.717) is 17.7 Å². The van der Waals surface area contributed by atoms with Crippen molar-refractivity contribution in [1.29, 1.82) is 0 Å². The molecule has 0 aromatic heterocycles. The number of hydrogen-bond donors (Lipinski definition) is 1. The Bertz CT molecular complexity index is 643. The Morgan fingerprint density at radius 1 is 1.19 bits per heavy atom. The van der Waals surface area contributed by atoms with E-state index in [1.807, 2.05) is 18.2 Å². The Kier molecular flexibility index (Phi) is 4.24. The summed E-state index contributed by atoms with van der Waals surface area (Å²) >= 11 is 3.06. The first-order valence-corrected chi connectivity index (χ1v) is 7.91. The third-order valence-electron chi connectivity index (χ3n) is 3.98. The number of anilines is 1. The average Bonchev–Trinajstić information content (AvgIpc) is 2.51. The van der Waals surface area contributed by atoms with Gasteiger partial charge in [-0.25, -0.2) is 8.78 Å². The summed E-state index contributed by atoms with van der Waals surface area (Å²) in [5.41, 5.74) is 2.06. The molecular weight excluding hydrogens is 336 g/mol. The molecule has 2 aromatic carbocycles. The Balaban J connectivity index is 1.72. The molecular formula is C17H16BrF2N. The Morgan fingerprint density at radius 3 is 2.71 bits per heavy atom. The average molecular weight is 352 g/mol. The van der Waals surface area contributed by atoms with Gasteiger partial charge < -0.3 is 5.32 Å². The molecule has 3 rings (SSSR count). The van der Waals surface area contributed by atoms with Crippen molar-refractivity contribution in [2.24, 2.45) is 0 Å². The lowest BCUT2D eigenvalue weighted by Crippen LogP contribution is -2.27. The van der Waals surface area contributed by atoms with Gasteiger partial charge in [0.1, 0.15) is 11.6 Å². The molecule has 1 aliphatic rings. The first kappa shape index (κ1) is 14.5. The molecule has 1 atom stereocenters. The van der Waals surface area contributed by atoms with E-state index >= 15 is 0 Å².